The van der Waals surface area contributed by atoms with Crippen molar-refractivity contribution in [2.45, 2.75) is 17.9 Å². The molecule has 2 heterocycles. The van der Waals surface area contributed by atoms with Gasteiger partial charge in [-0.1, -0.05) is 11.6 Å². The summed E-state index contributed by atoms with van der Waals surface area (Å²) in [5.41, 5.74) is 0.284. The van der Waals surface area contributed by atoms with Gasteiger partial charge in [-0.2, -0.15) is 0 Å². The molecule has 8 nitrogen and oxygen atoms in total. The number of nitrogens with zero attached hydrogens (tertiary/aromatic N) is 2. The van der Waals surface area contributed by atoms with Gasteiger partial charge in [-0.05, 0) is 36.8 Å². The van der Waals surface area contributed by atoms with E-state index in [4.69, 9.17) is 16.0 Å². The van der Waals surface area contributed by atoms with Gasteiger partial charge >= 0.3 is 5.97 Å². The van der Waals surface area contributed by atoms with E-state index in [1.165, 1.54) is 25.3 Å². The van der Waals surface area contributed by atoms with E-state index in [0.29, 0.717) is 31.9 Å². The average Bonchev–Trinajstić information content (AvgIpc) is 3.04. The highest BCUT2D eigenvalue weighted by molar-refractivity contribution is 7.90. The fraction of sp³-hybridized carbons (Fsp3) is 0.400. The number of hydrogen-bond donors (Lipinski definition) is 0. The van der Waals surface area contributed by atoms with Crippen LogP contribution in [0.2, 0.25) is 5.02 Å². The van der Waals surface area contributed by atoms with Gasteiger partial charge < -0.3 is 14.1 Å². The Hall–Kier alpha value is -2.36. The number of esters is 1. The van der Waals surface area contributed by atoms with Gasteiger partial charge in [0.15, 0.2) is 9.84 Å². The molecular formula is C20H23ClN2O6S. The number of sulfone groups is 1. The maximum atomic E-state index is 12.9. The van der Waals surface area contributed by atoms with E-state index in [1.807, 2.05) is 0 Å². The molecule has 1 amide bonds. The van der Waals surface area contributed by atoms with Gasteiger partial charge in [-0.15, -0.1) is 0 Å². The first kappa shape index (κ1) is 22.3. The quantitative estimate of drug-likeness (QED) is 0.640. The Kier molecular flexibility index (Phi) is 6.84. The number of amides is 1. The fourth-order valence-electron chi connectivity index (χ4n) is 3.30. The molecular weight excluding hydrogens is 432 g/mol. The highest BCUT2D eigenvalue weighted by Gasteiger charge is 2.23. The van der Waals surface area contributed by atoms with E-state index in [-0.39, 0.29) is 27.1 Å². The number of halogens is 1. The summed E-state index contributed by atoms with van der Waals surface area (Å²) in [6, 6.07) is 7.49. The van der Waals surface area contributed by atoms with Gasteiger partial charge in [-0.25, -0.2) is 13.2 Å². The maximum absolute atomic E-state index is 12.9. The molecule has 1 aliphatic rings. The van der Waals surface area contributed by atoms with Crippen LogP contribution in [0, 0.1) is 0 Å². The van der Waals surface area contributed by atoms with Crippen LogP contribution in [-0.4, -0.2) is 69.6 Å². The van der Waals surface area contributed by atoms with Crippen LogP contribution in [0.5, 0.6) is 0 Å². The van der Waals surface area contributed by atoms with Crippen molar-refractivity contribution in [1.29, 1.82) is 0 Å². The molecule has 1 saturated heterocycles. The van der Waals surface area contributed by atoms with Crippen LogP contribution in [0.3, 0.4) is 0 Å². The molecule has 10 heteroatoms. The van der Waals surface area contributed by atoms with Crippen molar-refractivity contribution in [2.75, 3.05) is 39.5 Å². The zero-order valence-electron chi connectivity index (χ0n) is 16.8. The SMILES string of the molecule is COC(=O)c1ccc(CN2CCCN(C(=O)c3ccc(S(C)(=O)=O)cc3Cl)CC2)o1. The highest BCUT2D eigenvalue weighted by Crippen LogP contribution is 2.23. The van der Waals surface area contributed by atoms with Crippen molar-refractivity contribution in [3.05, 3.63) is 52.4 Å². The lowest BCUT2D eigenvalue weighted by atomic mass is 10.2. The number of ether oxygens (including phenoxy) is 1. The molecule has 0 saturated carbocycles. The van der Waals surface area contributed by atoms with Crippen LogP contribution < -0.4 is 0 Å². The summed E-state index contributed by atoms with van der Waals surface area (Å²) in [4.78, 5) is 28.4. The van der Waals surface area contributed by atoms with Crippen LogP contribution in [0.15, 0.2) is 39.6 Å². The fourth-order valence-corrected chi connectivity index (χ4v) is 4.27. The number of furan rings is 1. The Bertz CT molecular complexity index is 1050. The summed E-state index contributed by atoms with van der Waals surface area (Å²) in [5, 5.41) is 0.120. The molecule has 0 aliphatic carbocycles. The monoisotopic (exact) mass is 454 g/mol. The molecule has 1 aromatic heterocycles. The van der Waals surface area contributed by atoms with E-state index >= 15 is 0 Å². The number of benzene rings is 1. The predicted molar refractivity (Wildman–Crippen MR) is 110 cm³/mol. The zero-order valence-corrected chi connectivity index (χ0v) is 18.3. The first-order valence-electron chi connectivity index (χ1n) is 9.37. The van der Waals surface area contributed by atoms with Gasteiger partial charge in [-0.3, -0.25) is 9.69 Å². The second-order valence-corrected chi connectivity index (χ2v) is 9.52. The Morgan fingerprint density at radius 3 is 2.57 bits per heavy atom. The van der Waals surface area contributed by atoms with Crippen molar-refractivity contribution < 1.29 is 27.2 Å². The summed E-state index contributed by atoms with van der Waals surface area (Å²) >= 11 is 6.19. The molecule has 0 bridgehead atoms. The predicted octanol–water partition coefficient (Wildman–Crippen LogP) is 2.47. The van der Waals surface area contributed by atoms with E-state index in [1.54, 1.807) is 17.0 Å². The molecule has 0 N–H and O–H groups in total. The molecule has 30 heavy (non-hydrogen) atoms. The number of carbonyl (C=O) groups excluding carboxylic acids is 2. The summed E-state index contributed by atoms with van der Waals surface area (Å²) in [5.74, 6) is 0.0569. The van der Waals surface area contributed by atoms with Gasteiger partial charge in [0.2, 0.25) is 5.76 Å². The summed E-state index contributed by atoms with van der Waals surface area (Å²) in [7, 11) is -2.10. The Morgan fingerprint density at radius 2 is 1.90 bits per heavy atom. The highest BCUT2D eigenvalue weighted by atomic mass is 35.5. The van der Waals surface area contributed by atoms with Crippen LogP contribution in [0.25, 0.3) is 0 Å². The normalized spacial score (nSPS) is 15.6. The smallest absolute Gasteiger partial charge is 0.373 e. The molecule has 0 spiro atoms. The minimum atomic E-state index is -3.39. The Morgan fingerprint density at radius 1 is 1.13 bits per heavy atom. The molecule has 0 atom stereocenters. The lowest BCUT2D eigenvalue weighted by Gasteiger charge is -2.22. The molecule has 162 valence electrons. The third-order valence-corrected chi connectivity index (χ3v) is 6.33. The van der Waals surface area contributed by atoms with Gasteiger partial charge in [0.1, 0.15) is 5.76 Å². The van der Waals surface area contributed by atoms with Crippen LogP contribution >= 0.6 is 11.6 Å². The van der Waals surface area contributed by atoms with Crippen molar-refractivity contribution in [3.8, 4) is 0 Å². The van der Waals surface area contributed by atoms with E-state index in [0.717, 1.165) is 19.2 Å². The van der Waals surface area contributed by atoms with Crippen molar-refractivity contribution in [3.63, 3.8) is 0 Å². The number of carbonyl (C=O) groups is 2. The van der Waals surface area contributed by atoms with E-state index in [2.05, 4.69) is 9.64 Å². The van der Waals surface area contributed by atoms with Gasteiger partial charge in [0, 0.05) is 32.4 Å². The molecule has 0 radical (unpaired) electrons. The Balaban J connectivity index is 1.64. The summed E-state index contributed by atoms with van der Waals surface area (Å²) in [6.07, 6.45) is 1.85. The molecule has 0 unspecified atom stereocenters. The minimum Gasteiger partial charge on any atom is -0.463 e. The second kappa shape index (κ2) is 9.20. The number of methoxy groups -OCH3 is 1. The largest absolute Gasteiger partial charge is 0.463 e. The topological polar surface area (TPSA) is 97.1 Å². The number of rotatable bonds is 5. The molecule has 1 fully saturated rings. The first-order chi connectivity index (χ1) is 14.2. The van der Waals surface area contributed by atoms with E-state index < -0.39 is 15.8 Å². The average molecular weight is 455 g/mol. The third kappa shape index (κ3) is 5.21. The van der Waals surface area contributed by atoms with E-state index in [9.17, 15) is 18.0 Å². The second-order valence-electron chi connectivity index (χ2n) is 7.09. The molecule has 3 rings (SSSR count). The van der Waals surface area contributed by atoms with Crippen LogP contribution in [0.1, 0.15) is 33.1 Å². The summed E-state index contributed by atoms with van der Waals surface area (Å²) < 4.78 is 33.5. The summed E-state index contributed by atoms with van der Waals surface area (Å²) in [6.45, 7) is 2.96. The van der Waals surface area contributed by atoms with Gasteiger partial charge in [0.05, 0.1) is 29.1 Å². The lowest BCUT2D eigenvalue weighted by molar-refractivity contribution is 0.0560. The molecule has 2 aromatic rings. The third-order valence-electron chi connectivity index (χ3n) is 4.90. The standard InChI is InChI=1S/C20H23ClN2O6S/c1-28-20(25)18-7-4-14(29-18)13-22-8-3-9-23(11-10-22)19(24)16-6-5-15(12-17(16)21)30(2,26)27/h4-7,12H,3,8-11,13H2,1-2H3. The van der Waals surface area contributed by atoms with Gasteiger partial charge in [0.25, 0.3) is 5.91 Å². The first-order valence-corrected chi connectivity index (χ1v) is 11.6. The Labute approximate surface area is 180 Å². The maximum Gasteiger partial charge on any atom is 0.373 e. The molecule has 1 aromatic carbocycles. The van der Waals surface area contributed by atoms with Crippen molar-refractivity contribution in [2.24, 2.45) is 0 Å². The van der Waals surface area contributed by atoms with Crippen molar-refractivity contribution >= 4 is 33.3 Å². The van der Waals surface area contributed by atoms with Crippen molar-refractivity contribution in [1.82, 2.24) is 9.80 Å². The van der Waals surface area contributed by atoms with Crippen LogP contribution in [-0.2, 0) is 21.1 Å². The molecule has 1 aliphatic heterocycles. The van der Waals surface area contributed by atoms with Crippen LogP contribution in [0.4, 0.5) is 0 Å². The minimum absolute atomic E-state index is 0.0795. The zero-order chi connectivity index (χ0) is 21.9. The lowest BCUT2D eigenvalue weighted by Crippen LogP contribution is -2.35. The number of hydrogen-bond acceptors (Lipinski definition) is 7.